The molecule has 2 aromatic heterocycles. The second-order valence-corrected chi connectivity index (χ2v) is 10.1. The highest BCUT2D eigenvalue weighted by atomic mass is 35.5. The molecule has 0 radical (unpaired) electrons. The number of pyridine rings is 1. The summed E-state index contributed by atoms with van der Waals surface area (Å²) in [6.45, 7) is 8.22. The van der Waals surface area contributed by atoms with E-state index >= 15 is 0 Å². The van der Waals surface area contributed by atoms with Gasteiger partial charge in [-0.15, -0.1) is 36.2 Å². The normalized spacial score (nSPS) is 14.4. The molecule has 0 spiro atoms. The zero-order valence-corrected chi connectivity index (χ0v) is 22.5. The quantitative estimate of drug-likeness (QED) is 0.361. The molecular weight excluding hydrogens is 511 g/mol. The highest BCUT2D eigenvalue weighted by molar-refractivity contribution is 7.15. The van der Waals surface area contributed by atoms with Crippen LogP contribution in [0, 0.1) is 24.5 Å². The predicted molar refractivity (Wildman–Crippen MR) is 145 cm³/mol. The van der Waals surface area contributed by atoms with Gasteiger partial charge in [0.1, 0.15) is 11.6 Å². The molecule has 2 N–H and O–H groups in total. The van der Waals surface area contributed by atoms with Crippen LogP contribution in [-0.4, -0.2) is 29.5 Å². The minimum Gasteiger partial charge on any atom is -0.326 e. The van der Waals surface area contributed by atoms with Gasteiger partial charge in [-0.25, -0.2) is 8.78 Å². The third-order valence-electron chi connectivity index (χ3n) is 6.39. The Kier molecular flexibility index (Phi) is 11.4. The Morgan fingerprint density at radius 2 is 1.77 bits per heavy atom. The van der Waals surface area contributed by atoms with Gasteiger partial charge in [0, 0.05) is 45.7 Å². The molecule has 1 saturated heterocycles. The molecule has 0 unspecified atom stereocenters. The van der Waals surface area contributed by atoms with Crippen molar-refractivity contribution in [2.75, 3.05) is 19.6 Å². The molecule has 0 bridgehead atoms. The summed E-state index contributed by atoms with van der Waals surface area (Å²) in [7, 11) is 0. The Balaban J connectivity index is 0.00000216. The number of benzene rings is 1. The predicted octanol–water partition coefficient (Wildman–Crippen LogP) is 6.10. The average Bonchev–Trinajstić information content (AvgIpc) is 3.23. The maximum Gasteiger partial charge on any atom is 0.251 e. The van der Waals surface area contributed by atoms with Crippen LogP contribution in [0.4, 0.5) is 8.78 Å². The van der Waals surface area contributed by atoms with E-state index in [0.29, 0.717) is 18.0 Å². The van der Waals surface area contributed by atoms with Crippen LogP contribution in [0.1, 0.15) is 41.5 Å². The van der Waals surface area contributed by atoms with Crippen molar-refractivity contribution in [3.8, 4) is 10.4 Å². The van der Waals surface area contributed by atoms with Gasteiger partial charge in [-0.3, -0.25) is 9.69 Å². The molecular formula is C26H33Cl2F2N3OS. The lowest BCUT2D eigenvalue weighted by Gasteiger charge is -2.32. The molecule has 1 fully saturated rings. The van der Waals surface area contributed by atoms with Gasteiger partial charge in [-0.2, -0.15) is 0 Å². The van der Waals surface area contributed by atoms with Gasteiger partial charge in [-0.05, 0) is 87.6 Å². The largest absolute Gasteiger partial charge is 0.326 e. The van der Waals surface area contributed by atoms with Gasteiger partial charge < -0.3 is 10.3 Å². The van der Waals surface area contributed by atoms with Crippen molar-refractivity contribution in [3.63, 3.8) is 0 Å². The fourth-order valence-electron chi connectivity index (χ4n) is 4.51. The molecule has 0 saturated carbocycles. The van der Waals surface area contributed by atoms with Gasteiger partial charge in [0.25, 0.3) is 5.56 Å². The van der Waals surface area contributed by atoms with Crippen molar-refractivity contribution in [2.24, 2.45) is 5.92 Å². The summed E-state index contributed by atoms with van der Waals surface area (Å²) in [5.74, 6) is -0.414. The van der Waals surface area contributed by atoms with Gasteiger partial charge in [0.15, 0.2) is 0 Å². The first kappa shape index (κ1) is 29.5. The molecule has 1 aliphatic heterocycles. The fraction of sp³-hybridized carbons (Fsp3) is 0.423. The number of aromatic amines is 1. The highest BCUT2D eigenvalue weighted by Gasteiger charge is 2.19. The highest BCUT2D eigenvalue weighted by Crippen LogP contribution is 2.30. The Morgan fingerprint density at radius 1 is 1.09 bits per heavy atom. The Bertz CT molecular complexity index is 1140. The lowest BCUT2D eigenvalue weighted by molar-refractivity contribution is 0.175. The van der Waals surface area contributed by atoms with Crippen LogP contribution in [0.3, 0.4) is 0 Å². The molecule has 0 amide bonds. The molecule has 1 aromatic carbocycles. The number of halogens is 4. The lowest BCUT2D eigenvalue weighted by Crippen LogP contribution is -2.36. The first-order valence-corrected chi connectivity index (χ1v) is 12.4. The number of likely N-dealkylation sites (tertiary alicyclic amines) is 1. The van der Waals surface area contributed by atoms with E-state index in [9.17, 15) is 13.6 Å². The van der Waals surface area contributed by atoms with E-state index in [4.69, 9.17) is 0 Å². The van der Waals surface area contributed by atoms with Crippen molar-refractivity contribution in [1.82, 2.24) is 15.2 Å². The van der Waals surface area contributed by atoms with E-state index in [-0.39, 0.29) is 30.4 Å². The van der Waals surface area contributed by atoms with Crippen molar-refractivity contribution >= 4 is 36.2 Å². The number of H-pyrrole nitrogens is 1. The third kappa shape index (κ3) is 7.86. The molecule has 0 aliphatic carbocycles. The van der Waals surface area contributed by atoms with E-state index in [0.717, 1.165) is 68.3 Å². The standard InChI is InChI=1S/C26H31F2N3OS.2ClH/c1-3-20-12-24(17(2)30-26(20)32)25-5-4-23(33-25)15-29-14-18-6-8-31(9-7-18)16-19-10-21(27)13-22(28)11-19;;/h4-5,10-13,18,29H,3,6-9,14-16H2,1-2H3,(H,30,32);2*1H. The first-order chi connectivity index (χ1) is 15.9. The summed E-state index contributed by atoms with van der Waals surface area (Å²) in [6, 6.07) is 10.1. The SMILES string of the molecule is CCc1cc(-c2ccc(CNCC3CCN(Cc4cc(F)cc(F)c4)CC3)s2)c(C)[nH]c1=O.Cl.Cl. The van der Waals surface area contributed by atoms with Crippen molar-refractivity contribution in [2.45, 2.75) is 46.2 Å². The summed E-state index contributed by atoms with van der Waals surface area (Å²) >= 11 is 1.76. The summed E-state index contributed by atoms with van der Waals surface area (Å²) in [6.07, 6.45) is 2.88. The van der Waals surface area contributed by atoms with Crippen LogP contribution in [0.25, 0.3) is 10.4 Å². The monoisotopic (exact) mass is 543 g/mol. The second-order valence-electron chi connectivity index (χ2n) is 8.91. The van der Waals surface area contributed by atoms with Crippen LogP contribution >= 0.6 is 36.2 Å². The maximum atomic E-state index is 13.4. The van der Waals surface area contributed by atoms with Crippen LogP contribution in [0.15, 0.2) is 41.2 Å². The fourth-order valence-corrected chi connectivity index (χ4v) is 5.56. The van der Waals surface area contributed by atoms with Gasteiger partial charge in [0.2, 0.25) is 0 Å². The first-order valence-electron chi connectivity index (χ1n) is 11.6. The number of hydrogen-bond acceptors (Lipinski definition) is 4. The summed E-state index contributed by atoms with van der Waals surface area (Å²) in [5, 5.41) is 3.60. The number of nitrogens with zero attached hydrogens (tertiary/aromatic N) is 1. The Labute approximate surface area is 222 Å². The number of nitrogens with one attached hydrogen (secondary N) is 2. The molecule has 0 atom stereocenters. The number of thiophene rings is 1. The van der Waals surface area contributed by atoms with Crippen LogP contribution < -0.4 is 10.9 Å². The van der Waals surface area contributed by atoms with E-state index in [1.807, 2.05) is 19.9 Å². The van der Waals surface area contributed by atoms with Gasteiger partial charge in [0.05, 0.1) is 0 Å². The summed E-state index contributed by atoms with van der Waals surface area (Å²) in [4.78, 5) is 19.7. The molecule has 3 heterocycles. The third-order valence-corrected chi connectivity index (χ3v) is 7.51. The zero-order chi connectivity index (χ0) is 23.4. The van der Waals surface area contributed by atoms with Crippen molar-refractivity contribution in [1.29, 1.82) is 0 Å². The van der Waals surface area contributed by atoms with E-state index in [2.05, 4.69) is 27.3 Å². The van der Waals surface area contributed by atoms with Crippen molar-refractivity contribution in [3.05, 3.63) is 80.1 Å². The number of aryl methyl sites for hydroxylation is 2. The molecule has 9 heteroatoms. The lowest BCUT2D eigenvalue weighted by atomic mass is 9.96. The van der Waals surface area contributed by atoms with Gasteiger partial charge >= 0.3 is 0 Å². The number of rotatable bonds is 8. The molecule has 1 aliphatic rings. The number of piperidine rings is 1. The van der Waals surface area contributed by atoms with E-state index in [1.54, 1.807) is 11.3 Å². The van der Waals surface area contributed by atoms with Crippen LogP contribution in [-0.2, 0) is 19.5 Å². The van der Waals surface area contributed by atoms with Crippen LogP contribution in [0.5, 0.6) is 0 Å². The molecule has 35 heavy (non-hydrogen) atoms. The molecule has 4 rings (SSSR count). The van der Waals surface area contributed by atoms with Gasteiger partial charge in [-0.1, -0.05) is 6.92 Å². The average molecular weight is 545 g/mol. The van der Waals surface area contributed by atoms with E-state index < -0.39 is 11.6 Å². The topological polar surface area (TPSA) is 48.1 Å². The molecule has 3 aromatic rings. The maximum absolute atomic E-state index is 13.4. The minimum absolute atomic E-state index is 0. The minimum atomic E-state index is -0.512. The Hall–Kier alpha value is -1.77. The van der Waals surface area contributed by atoms with Crippen molar-refractivity contribution < 1.29 is 8.78 Å². The number of aromatic nitrogens is 1. The van der Waals surface area contributed by atoms with E-state index in [1.165, 1.54) is 21.9 Å². The van der Waals surface area contributed by atoms with Crippen LogP contribution in [0.2, 0.25) is 0 Å². The summed E-state index contributed by atoms with van der Waals surface area (Å²) < 4.78 is 26.8. The summed E-state index contributed by atoms with van der Waals surface area (Å²) in [5.41, 5.74) is 3.53. The molecule has 192 valence electrons. The second kappa shape index (κ2) is 13.5. The Morgan fingerprint density at radius 3 is 2.43 bits per heavy atom. The number of hydrogen-bond donors (Lipinski definition) is 2. The molecule has 4 nitrogen and oxygen atoms in total. The zero-order valence-electron chi connectivity index (χ0n) is 20.0. The smallest absolute Gasteiger partial charge is 0.251 e.